The van der Waals surface area contributed by atoms with Gasteiger partial charge in [0, 0.05) is 36.9 Å². The number of nitrogens with zero attached hydrogens (tertiary/aromatic N) is 2. The van der Waals surface area contributed by atoms with E-state index in [-0.39, 0.29) is 11.8 Å². The van der Waals surface area contributed by atoms with Gasteiger partial charge in [-0.15, -0.1) is 0 Å². The second-order valence-electron chi connectivity index (χ2n) is 5.26. The van der Waals surface area contributed by atoms with E-state index in [2.05, 4.69) is 27.8 Å². The van der Waals surface area contributed by atoms with Crippen LogP contribution in [0.3, 0.4) is 0 Å². The van der Waals surface area contributed by atoms with Gasteiger partial charge in [0.05, 0.1) is 0 Å². The first-order valence-electron chi connectivity index (χ1n) is 6.94. The van der Waals surface area contributed by atoms with Crippen LogP contribution < -0.4 is 0 Å². The van der Waals surface area contributed by atoms with Crippen molar-refractivity contribution in [2.75, 3.05) is 7.05 Å². The predicted molar refractivity (Wildman–Crippen MR) is 87.9 cm³/mol. The van der Waals surface area contributed by atoms with Crippen LogP contribution in [0.5, 0.6) is 0 Å². The van der Waals surface area contributed by atoms with Gasteiger partial charge < -0.3 is 4.90 Å². The molecule has 4 heteroatoms. The molecule has 2 aromatic rings. The second kappa shape index (κ2) is 7.36. The topological polar surface area (TPSA) is 33.2 Å². The summed E-state index contributed by atoms with van der Waals surface area (Å²) in [6.45, 7) is 2.70. The maximum Gasteiger partial charge on any atom is 0.223 e. The zero-order valence-electron chi connectivity index (χ0n) is 12.3. The Morgan fingerprint density at radius 3 is 2.43 bits per heavy atom. The van der Waals surface area contributed by atoms with Crippen LogP contribution in [-0.4, -0.2) is 22.8 Å². The fraction of sp³-hybridized carbons (Fsp3) is 0.294. The number of pyridine rings is 1. The summed E-state index contributed by atoms with van der Waals surface area (Å²) in [5.41, 5.74) is 2.28. The molecule has 1 aromatic carbocycles. The van der Waals surface area contributed by atoms with E-state index in [9.17, 15) is 4.79 Å². The van der Waals surface area contributed by atoms with E-state index >= 15 is 0 Å². The van der Waals surface area contributed by atoms with E-state index in [0.717, 1.165) is 15.6 Å². The zero-order chi connectivity index (χ0) is 15.2. The average molecular weight is 347 g/mol. The highest BCUT2D eigenvalue weighted by molar-refractivity contribution is 9.10. The lowest BCUT2D eigenvalue weighted by Crippen LogP contribution is -2.27. The van der Waals surface area contributed by atoms with Crippen LogP contribution in [0.1, 0.15) is 30.4 Å². The molecule has 0 fully saturated rings. The van der Waals surface area contributed by atoms with Crippen molar-refractivity contribution < 1.29 is 4.79 Å². The van der Waals surface area contributed by atoms with Gasteiger partial charge in [0.15, 0.2) is 0 Å². The molecule has 0 unspecified atom stereocenters. The number of aromatic nitrogens is 1. The van der Waals surface area contributed by atoms with Crippen LogP contribution in [0.2, 0.25) is 0 Å². The maximum absolute atomic E-state index is 12.3. The van der Waals surface area contributed by atoms with E-state index in [4.69, 9.17) is 0 Å². The molecule has 0 radical (unpaired) electrons. The first-order chi connectivity index (χ1) is 10.1. The van der Waals surface area contributed by atoms with Crippen LogP contribution >= 0.6 is 15.9 Å². The van der Waals surface area contributed by atoms with Gasteiger partial charge in [-0.3, -0.25) is 9.78 Å². The number of rotatable bonds is 5. The monoisotopic (exact) mass is 346 g/mol. The van der Waals surface area contributed by atoms with Crippen molar-refractivity contribution in [3.05, 3.63) is 64.4 Å². The lowest BCUT2D eigenvalue weighted by atomic mass is 9.98. The molecule has 0 bridgehead atoms. The summed E-state index contributed by atoms with van der Waals surface area (Å²) in [4.78, 5) is 18.1. The van der Waals surface area contributed by atoms with Crippen LogP contribution in [0.15, 0.2) is 53.3 Å². The van der Waals surface area contributed by atoms with Crippen LogP contribution in [0.25, 0.3) is 0 Å². The third-order valence-corrected chi connectivity index (χ3v) is 4.04. The molecule has 1 atom stereocenters. The van der Waals surface area contributed by atoms with Gasteiger partial charge in [0.25, 0.3) is 0 Å². The smallest absolute Gasteiger partial charge is 0.223 e. The highest BCUT2D eigenvalue weighted by Gasteiger charge is 2.15. The number of benzene rings is 1. The Kier molecular flexibility index (Phi) is 5.51. The molecule has 3 nitrogen and oxygen atoms in total. The van der Waals surface area contributed by atoms with Gasteiger partial charge in [0.1, 0.15) is 0 Å². The molecule has 0 aliphatic rings. The standard InChI is InChI=1S/C17H19BrN2O/c1-13(15-7-9-19-10-8-15)11-17(21)20(2)12-14-3-5-16(18)6-4-14/h3-10,13H,11-12H2,1-2H3/t13-/m1/s1. The average Bonchev–Trinajstić information content (AvgIpc) is 2.50. The second-order valence-corrected chi connectivity index (χ2v) is 6.18. The van der Waals surface area contributed by atoms with E-state index in [1.165, 1.54) is 0 Å². The van der Waals surface area contributed by atoms with Crippen molar-refractivity contribution >= 4 is 21.8 Å². The molecular formula is C17H19BrN2O. The SMILES string of the molecule is C[C@H](CC(=O)N(C)Cc1ccc(Br)cc1)c1ccncc1. The van der Waals surface area contributed by atoms with Gasteiger partial charge in [-0.2, -0.15) is 0 Å². The summed E-state index contributed by atoms with van der Waals surface area (Å²) >= 11 is 3.41. The molecule has 1 amide bonds. The third kappa shape index (κ3) is 4.67. The molecule has 2 rings (SSSR count). The van der Waals surface area contributed by atoms with Crippen molar-refractivity contribution in [2.45, 2.75) is 25.8 Å². The largest absolute Gasteiger partial charge is 0.341 e. The van der Waals surface area contributed by atoms with E-state index in [1.807, 2.05) is 43.4 Å². The number of carbonyl (C=O) groups is 1. The number of hydrogen-bond donors (Lipinski definition) is 0. The Morgan fingerprint density at radius 1 is 1.19 bits per heavy atom. The quantitative estimate of drug-likeness (QED) is 0.819. The molecule has 1 heterocycles. The molecule has 110 valence electrons. The first kappa shape index (κ1) is 15.7. The van der Waals surface area contributed by atoms with E-state index in [0.29, 0.717) is 13.0 Å². The molecule has 0 N–H and O–H groups in total. The summed E-state index contributed by atoms with van der Waals surface area (Å²) in [5, 5.41) is 0. The fourth-order valence-electron chi connectivity index (χ4n) is 2.18. The summed E-state index contributed by atoms with van der Waals surface area (Å²) in [6.07, 6.45) is 4.04. The molecular weight excluding hydrogens is 328 g/mol. The fourth-order valence-corrected chi connectivity index (χ4v) is 2.44. The normalized spacial score (nSPS) is 12.0. The zero-order valence-corrected chi connectivity index (χ0v) is 13.9. The highest BCUT2D eigenvalue weighted by Crippen LogP contribution is 2.19. The number of amides is 1. The predicted octanol–water partition coefficient (Wildman–Crippen LogP) is 4.00. The lowest BCUT2D eigenvalue weighted by Gasteiger charge is -2.20. The van der Waals surface area contributed by atoms with Gasteiger partial charge in [-0.05, 0) is 41.3 Å². The Labute approximate surface area is 134 Å². The molecule has 1 aromatic heterocycles. The van der Waals surface area contributed by atoms with E-state index in [1.54, 1.807) is 17.3 Å². The molecule has 0 spiro atoms. The van der Waals surface area contributed by atoms with Crippen LogP contribution in [0, 0.1) is 0 Å². The van der Waals surface area contributed by atoms with Crippen molar-refractivity contribution in [3.8, 4) is 0 Å². The Balaban J connectivity index is 1.92. The highest BCUT2D eigenvalue weighted by atomic mass is 79.9. The Bertz CT molecular complexity index is 583. The lowest BCUT2D eigenvalue weighted by molar-refractivity contribution is -0.130. The molecule has 0 aliphatic carbocycles. The minimum absolute atomic E-state index is 0.155. The summed E-state index contributed by atoms with van der Waals surface area (Å²) < 4.78 is 1.05. The summed E-state index contributed by atoms with van der Waals surface area (Å²) in [5.74, 6) is 0.357. The van der Waals surface area contributed by atoms with Gasteiger partial charge >= 0.3 is 0 Å². The van der Waals surface area contributed by atoms with Crippen molar-refractivity contribution in [1.29, 1.82) is 0 Å². The van der Waals surface area contributed by atoms with Gasteiger partial charge in [-0.1, -0.05) is 35.0 Å². The summed E-state index contributed by atoms with van der Waals surface area (Å²) in [7, 11) is 1.85. The van der Waals surface area contributed by atoms with Crippen molar-refractivity contribution in [1.82, 2.24) is 9.88 Å². The first-order valence-corrected chi connectivity index (χ1v) is 7.74. The number of halogens is 1. The van der Waals surface area contributed by atoms with Crippen molar-refractivity contribution in [2.24, 2.45) is 0 Å². The Hall–Kier alpha value is -1.68. The third-order valence-electron chi connectivity index (χ3n) is 3.51. The molecule has 0 saturated carbocycles. The van der Waals surface area contributed by atoms with Gasteiger partial charge in [-0.25, -0.2) is 0 Å². The maximum atomic E-state index is 12.3. The summed E-state index contributed by atoms with van der Waals surface area (Å²) in [6, 6.07) is 12.0. The van der Waals surface area contributed by atoms with Crippen molar-refractivity contribution in [3.63, 3.8) is 0 Å². The number of carbonyl (C=O) groups excluding carboxylic acids is 1. The van der Waals surface area contributed by atoms with Gasteiger partial charge in [0.2, 0.25) is 5.91 Å². The minimum atomic E-state index is 0.155. The Morgan fingerprint density at radius 2 is 1.81 bits per heavy atom. The number of hydrogen-bond acceptors (Lipinski definition) is 2. The molecule has 0 aliphatic heterocycles. The minimum Gasteiger partial charge on any atom is -0.341 e. The van der Waals surface area contributed by atoms with E-state index < -0.39 is 0 Å². The molecule has 21 heavy (non-hydrogen) atoms. The van der Waals surface area contributed by atoms with Crippen LogP contribution in [0.4, 0.5) is 0 Å². The van der Waals surface area contributed by atoms with Crippen LogP contribution in [-0.2, 0) is 11.3 Å². The molecule has 0 saturated heterocycles.